The number of fused-ring (bicyclic) bond motifs is 2. The molecule has 3 aliphatic rings. The van der Waals surface area contributed by atoms with Gasteiger partial charge in [0.05, 0.1) is 5.92 Å². The van der Waals surface area contributed by atoms with Crippen molar-refractivity contribution in [2.45, 2.75) is 51.2 Å². The van der Waals surface area contributed by atoms with Crippen molar-refractivity contribution in [1.82, 2.24) is 0 Å². The molecule has 3 heteroatoms. The Morgan fingerprint density at radius 2 is 2.00 bits per heavy atom. The summed E-state index contributed by atoms with van der Waals surface area (Å²) in [6, 6.07) is 0.395. The number of hydrogen-bond donors (Lipinski definition) is 1. The minimum Gasteiger partial charge on any atom is -0.462 e. The molecule has 2 N–H and O–H groups in total. The summed E-state index contributed by atoms with van der Waals surface area (Å²) in [6.07, 6.45) is 5.88. The van der Waals surface area contributed by atoms with Gasteiger partial charge in [0, 0.05) is 12.0 Å². The van der Waals surface area contributed by atoms with Gasteiger partial charge in [-0.1, -0.05) is 0 Å². The largest absolute Gasteiger partial charge is 0.462 e. The van der Waals surface area contributed by atoms with Gasteiger partial charge in [-0.05, 0) is 50.9 Å². The lowest BCUT2D eigenvalue weighted by molar-refractivity contribution is -0.144. The summed E-state index contributed by atoms with van der Waals surface area (Å²) in [4.78, 5) is 11.7. The Labute approximate surface area is 96.7 Å². The van der Waals surface area contributed by atoms with Crippen LogP contribution in [0.5, 0.6) is 0 Å². The van der Waals surface area contributed by atoms with E-state index in [4.69, 9.17) is 10.5 Å². The highest BCUT2D eigenvalue weighted by Crippen LogP contribution is 2.49. The molecule has 3 rings (SSSR count). The minimum atomic E-state index is 0.0609. The highest BCUT2D eigenvalue weighted by atomic mass is 16.6. The summed E-state index contributed by atoms with van der Waals surface area (Å²) < 4.78 is 5.37. The number of rotatable bonds is 0. The van der Waals surface area contributed by atoms with Gasteiger partial charge in [0.2, 0.25) is 0 Å². The first-order chi connectivity index (χ1) is 7.65. The van der Waals surface area contributed by atoms with Crippen molar-refractivity contribution in [2.75, 3.05) is 0 Å². The number of carbonyl (C=O) groups is 1. The predicted molar refractivity (Wildman–Crippen MR) is 60.6 cm³/mol. The summed E-state index contributed by atoms with van der Waals surface area (Å²) in [6.45, 7) is 2.05. The average Bonchev–Trinajstić information content (AvgIpc) is 2.52. The lowest BCUT2D eigenvalue weighted by Crippen LogP contribution is -2.41. The summed E-state index contributed by atoms with van der Waals surface area (Å²) in [5.41, 5.74) is 6.04. The molecule has 1 saturated heterocycles. The number of cyclic esters (lactones) is 1. The van der Waals surface area contributed by atoms with Crippen LogP contribution in [0.2, 0.25) is 0 Å². The van der Waals surface area contributed by atoms with E-state index in [9.17, 15) is 4.79 Å². The second-order valence-corrected chi connectivity index (χ2v) is 5.98. The molecule has 3 nitrogen and oxygen atoms in total. The summed E-state index contributed by atoms with van der Waals surface area (Å²) in [7, 11) is 0. The van der Waals surface area contributed by atoms with E-state index in [1.165, 1.54) is 6.42 Å². The first-order valence-electron chi connectivity index (χ1n) is 6.61. The molecule has 6 atom stereocenters. The monoisotopic (exact) mass is 223 g/mol. The van der Waals surface area contributed by atoms with Crippen LogP contribution in [0.4, 0.5) is 0 Å². The van der Waals surface area contributed by atoms with E-state index in [1.54, 1.807) is 0 Å². The fourth-order valence-electron chi connectivity index (χ4n) is 4.12. The molecule has 0 aromatic rings. The van der Waals surface area contributed by atoms with Crippen LogP contribution < -0.4 is 5.73 Å². The van der Waals surface area contributed by atoms with Crippen molar-refractivity contribution in [2.24, 2.45) is 29.4 Å². The number of esters is 1. The van der Waals surface area contributed by atoms with Crippen LogP contribution in [-0.4, -0.2) is 18.1 Å². The highest BCUT2D eigenvalue weighted by Gasteiger charge is 2.49. The van der Waals surface area contributed by atoms with Crippen LogP contribution in [-0.2, 0) is 9.53 Å². The van der Waals surface area contributed by atoms with Crippen LogP contribution in [0.25, 0.3) is 0 Å². The van der Waals surface area contributed by atoms with Gasteiger partial charge >= 0.3 is 5.97 Å². The molecule has 16 heavy (non-hydrogen) atoms. The van der Waals surface area contributed by atoms with Crippen LogP contribution in [0.1, 0.15) is 39.0 Å². The van der Waals surface area contributed by atoms with E-state index < -0.39 is 0 Å². The maximum Gasteiger partial charge on any atom is 0.309 e. The Hall–Kier alpha value is -0.570. The van der Waals surface area contributed by atoms with Gasteiger partial charge in [0.1, 0.15) is 6.10 Å². The standard InChI is InChI=1S/C13H21NO2/c1-7-11-6-9-4-10(14)3-2-8(9)5-12(11)13(15)16-7/h7-12H,2-6,14H2,1H3/t7-,8?,9?,10-,11-,12-/m1/s1. The van der Waals surface area contributed by atoms with Gasteiger partial charge in [0.25, 0.3) is 0 Å². The molecular formula is C13H21NO2. The van der Waals surface area contributed by atoms with E-state index in [1.807, 2.05) is 6.92 Å². The molecule has 0 bridgehead atoms. The number of carbonyl (C=O) groups excluding carboxylic acids is 1. The summed E-state index contributed by atoms with van der Waals surface area (Å²) >= 11 is 0. The molecule has 0 aromatic carbocycles. The maximum atomic E-state index is 11.7. The Morgan fingerprint density at radius 3 is 2.81 bits per heavy atom. The number of nitrogens with two attached hydrogens (primary N) is 1. The van der Waals surface area contributed by atoms with Crippen molar-refractivity contribution in [3.8, 4) is 0 Å². The van der Waals surface area contributed by atoms with Gasteiger partial charge in [-0.15, -0.1) is 0 Å². The van der Waals surface area contributed by atoms with Gasteiger partial charge in [-0.25, -0.2) is 0 Å². The van der Waals surface area contributed by atoms with Crippen LogP contribution in [0.3, 0.4) is 0 Å². The second kappa shape index (κ2) is 3.73. The van der Waals surface area contributed by atoms with Crippen molar-refractivity contribution in [3.05, 3.63) is 0 Å². The average molecular weight is 223 g/mol. The van der Waals surface area contributed by atoms with Crippen LogP contribution in [0, 0.1) is 23.7 Å². The molecule has 2 unspecified atom stereocenters. The molecule has 3 fully saturated rings. The summed E-state index contributed by atoms with van der Waals surface area (Å²) in [5.74, 6) is 2.22. The third-order valence-corrected chi connectivity index (χ3v) is 5.04. The SMILES string of the molecule is C[C@H]1OC(=O)[C@@H]2CC3CC[C@@H](N)CC3C[C@H]12. The van der Waals surface area contributed by atoms with Gasteiger partial charge in [-0.3, -0.25) is 4.79 Å². The smallest absolute Gasteiger partial charge is 0.309 e. The van der Waals surface area contributed by atoms with Gasteiger partial charge in [0.15, 0.2) is 0 Å². The predicted octanol–water partition coefficient (Wildman–Crippen LogP) is 1.70. The summed E-state index contributed by atoms with van der Waals surface area (Å²) in [5, 5.41) is 0. The Balaban J connectivity index is 1.76. The van der Waals surface area contributed by atoms with E-state index in [0.717, 1.165) is 37.5 Å². The quantitative estimate of drug-likeness (QED) is 0.636. The fraction of sp³-hybridized carbons (Fsp3) is 0.923. The molecule has 90 valence electrons. The maximum absolute atomic E-state index is 11.7. The van der Waals surface area contributed by atoms with Crippen LogP contribution in [0.15, 0.2) is 0 Å². The highest BCUT2D eigenvalue weighted by molar-refractivity contribution is 5.75. The van der Waals surface area contributed by atoms with Crippen molar-refractivity contribution < 1.29 is 9.53 Å². The van der Waals surface area contributed by atoms with Crippen molar-refractivity contribution in [1.29, 1.82) is 0 Å². The van der Waals surface area contributed by atoms with Gasteiger partial charge < -0.3 is 10.5 Å². The van der Waals surface area contributed by atoms with Crippen LogP contribution >= 0.6 is 0 Å². The van der Waals surface area contributed by atoms with E-state index >= 15 is 0 Å². The first-order valence-corrected chi connectivity index (χ1v) is 6.61. The molecule has 2 aliphatic carbocycles. The molecule has 1 aliphatic heterocycles. The van der Waals surface area contributed by atoms with E-state index in [-0.39, 0.29) is 18.0 Å². The Morgan fingerprint density at radius 1 is 1.19 bits per heavy atom. The second-order valence-electron chi connectivity index (χ2n) is 5.98. The molecule has 0 spiro atoms. The Kier molecular flexibility index (Phi) is 2.46. The first kappa shape index (κ1) is 10.6. The normalized spacial score (nSPS) is 51.8. The number of hydrogen-bond acceptors (Lipinski definition) is 3. The van der Waals surface area contributed by atoms with E-state index in [2.05, 4.69) is 0 Å². The Bertz CT molecular complexity index is 304. The van der Waals surface area contributed by atoms with E-state index in [0.29, 0.717) is 12.0 Å². The topological polar surface area (TPSA) is 52.3 Å². The molecule has 0 aromatic heterocycles. The zero-order chi connectivity index (χ0) is 11.3. The fourth-order valence-corrected chi connectivity index (χ4v) is 4.12. The lowest BCUT2D eigenvalue weighted by atomic mass is 9.62. The molecule has 1 heterocycles. The zero-order valence-electron chi connectivity index (χ0n) is 9.89. The lowest BCUT2D eigenvalue weighted by Gasteiger charge is -2.42. The molecule has 0 amide bonds. The minimum absolute atomic E-state index is 0.0609. The molecule has 2 saturated carbocycles. The van der Waals surface area contributed by atoms with Crippen molar-refractivity contribution >= 4 is 5.97 Å². The zero-order valence-corrected chi connectivity index (χ0v) is 9.89. The molecule has 0 radical (unpaired) electrons. The van der Waals surface area contributed by atoms with Gasteiger partial charge in [-0.2, -0.15) is 0 Å². The third-order valence-electron chi connectivity index (χ3n) is 5.04. The third kappa shape index (κ3) is 1.56. The van der Waals surface area contributed by atoms with Crippen molar-refractivity contribution in [3.63, 3.8) is 0 Å². The molecular weight excluding hydrogens is 202 g/mol. The number of ether oxygens (including phenoxy) is 1.